The SMILES string of the molecule is CC(NC(=O)C1CCC1)C(=O)N1CCN(c2ccccn2)CC1. The number of piperazine rings is 1. The van der Waals surface area contributed by atoms with E-state index in [0.29, 0.717) is 13.1 Å². The first-order chi connectivity index (χ1) is 11.1. The van der Waals surface area contributed by atoms with Crippen LogP contribution in [0.15, 0.2) is 24.4 Å². The summed E-state index contributed by atoms with van der Waals surface area (Å²) in [5.74, 6) is 1.11. The molecule has 1 aliphatic carbocycles. The van der Waals surface area contributed by atoms with Crippen LogP contribution in [-0.2, 0) is 9.59 Å². The minimum Gasteiger partial charge on any atom is -0.353 e. The van der Waals surface area contributed by atoms with Crippen LogP contribution in [0.3, 0.4) is 0 Å². The molecule has 6 nitrogen and oxygen atoms in total. The molecular weight excluding hydrogens is 292 g/mol. The molecular formula is C17H24N4O2. The smallest absolute Gasteiger partial charge is 0.244 e. The molecule has 23 heavy (non-hydrogen) atoms. The molecule has 0 spiro atoms. The highest BCUT2D eigenvalue weighted by Gasteiger charge is 2.30. The highest BCUT2D eigenvalue weighted by atomic mass is 16.2. The second-order valence-corrected chi connectivity index (χ2v) is 6.36. The van der Waals surface area contributed by atoms with E-state index in [1.165, 1.54) is 0 Å². The van der Waals surface area contributed by atoms with Gasteiger partial charge in [-0.2, -0.15) is 0 Å². The molecule has 2 amide bonds. The first-order valence-electron chi connectivity index (χ1n) is 8.40. The third-order valence-electron chi connectivity index (χ3n) is 4.77. The van der Waals surface area contributed by atoms with Crippen molar-refractivity contribution in [2.45, 2.75) is 32.2 Å². The molecule has 1 aromatic heterocycles. The summed E-state index contributed by atoms with van der Waals surface area (Å²) in [5, 5.41) is 2.87. The summed E-state index contributed by atoms with van der Waals surface area (Å²) in [5.41, 5.74) is 0. The molecule has 3 rings (SSSR count). The fourth-order valence-corrected chi connectivity index (χ4v) is 3.03. The lowest BCUT2D eigenvalue weighted by Gasteiger charge is -2.37. The Morgan fingerprint density at radius 1 is 1.22 bits per heavy atom. The molecule has 2 heterocycles. The fraction of sp³-hybridized carbons (Fsp3) is 0.588. The molecule has 1 atom stereocenters. The second kappa shape index (κ2) is 6.98. The Hall–Kier alpha value is -2.11. The molecule has 1 N–H and O–H groups in total. The maximum atomic E-state index is 12.5. The largest absolute Gasteiger partial charge is 0.353 e. The summed E-state index contributed by atoms with van der Waals surface area (Å²) in [6.07, 6.45) is 4.81. The molecule has 1 unspecified atom stereocenters. The van der Waals surface area contributed by atoms with E-state index in [9.17, 15) is 9.59 Å². The number of aromatic nitrogens is 1. The Bertz CT molecular complexity index is 551. The van der Waals surface area contributed by atoms with Crippen LogP contribution in [-0.4, -0.2) is 53.9 Å². The third-order valence-corrected chi connectivity index (χ3v) is 4.77. The highest BCUT2D eigenvalue weighted by molar-refractivity contribution is 5.88. The summed E-state index contributed by atoms with van der Waals surface area (Å²) in [6.45, 7) is 4.65. The molecule has 6 heteroatoms. The number of carbonyl (C=O) groups is 2. The van der Waals surface area contributed by atoms with E-state index in [2.05, 4.69) is 15.2 Å². The van der Waals surface area contributed by atoms with E-state index in [0.717, 1.165) is 38.2 Å². The maximum Gasteiger partial charge on any atom is 0.244 e. The Labute approximate surface area is 136 Å². The molecule has 0 aromatic carbocycles. The van der Waals surface area contributed by atoms with E-state index in [4.69, 9.17) is 0 Å². The minimum absolute atomic E-state index is 0.0124. The average molecular weight is 316 g/mol. The van der Waals surface area contributed by atoms with Gasteiger partial charge >= 0.3 is 0 Å². The van der Waals surface area contributed by atoms with Crippen LogP contribution in [0.2, 0.25) is 0 Å². The Morgan fingerprint density at radius 3 is 2.52 bits per heavy atom. The normalized spacial score (nSPS) is 19.9. The van der Waals surface area contributed by atoms with E-state index in [1.807, 2.05) is 23.1 Å². The van der Waals surface area contributed by atoms with Crippen molar-refractivity contribution < 1.29 is 9.59 Å². The second-order valence-electron chi connectivity index (χ2n) is 6.36. The van der Waals surface area contributed by atoms with Crippen molar-refractivity contribution in [3.05, 3.63) is 24.4 Å². The quantitative estimate of drug-likeness (QED) is 0.901. The number of nitrogens with one attached hydrogen (secondary N) is 1. The Kier molecular flexibility index (Phi) is 4.79. The summed E-state index contributed by atoms with van der Waals surface area (Å²) in [6, 6.07) is 5.41. The van der Waals surface area contributed by atoms with Crippen LogP contribution >= 0.6 is 0 Å². The van der Waals surface area contributed by atoms with Gasteiger partial charge in [0.05, 0.1) is 0 Å². The van der Waals surface area contributed by atoms with Crippen molar-refractivity contribution in [1.82, 2.24) is 15.2 Å². The summed E-state index contributed by atoms with van der Waals surface area (Å²) >= 11 is 0. The number of rotatable bonds is 4. The molecule has 1 aliphatic heterocycles. The van der Waals surface area contributed by atoms with E-state index in [1.54, 1.807) is 13.1 Å². The number of anilines is 1. The molecule has 2 aliphatic rings. The minimum atomic E-state index is -0.440. The monoisotopic (exact) mass is 316 g/mol. The molecule has 0 bridgehead atoms. The van der Waals surface area contributed by atoms with Gasteiger partial charge < -0.3 is 15.1 Å². The molecule has 1 saturated carbocycles. The van der Waals surface area contributed by atoms with Gasteiger partial charge in [0, 0.05) is 38.3 Å². The Balaban J connectivity index is 1.48. The van der Waals surface area contributed by atoms with Gasteiger partial charge in [0.25, 0.3) is 0 Å². The lowest BCUT2D eigenvalue weighted by Crippen LogP contribution is -2.55. The van der Waals surface area contributed by atoms with Crippen molar-refractivity contribution in [1.29, 1.82) is 0 Å². The molecule has 124 valence electrons. The maximum absolute atomic E-state index is 12.5. The predicted molar refractivity (Wildman–Crippen MR) is 88.0 cm³/mol. The lowest BCUT2D eigenvalue weighted by molar-refractivity contribution is -0.138. The van der Waals surface area contributed by atoms with E-state index >= 15 is 0 Å². The molecule has 0 radical (unpaired) electrons. The van der Waals surface area contributed by atoms with Gasteiger partial charge in [-0.25, -0.2) is 4.98 Å². The van der Waals surface area contributed by atoms with Crippen molar-refractivity contribution in [3.8, 4) is 0 Å². The van der Waals surface area contributed by atoms with Crippen LogP contribution < -0.4 is 10.2 Å². The van der Waals surface area contributed by atoms with Gasteiger partial charge in [0.1, 0.15) is 11.9 Å². The van der Waals surface area contributed by atoms with Crippen LogP contribution in [0.25, 0.3) is 0 Å². The van der Waals surface area contributed by atoms with Gasteiger partial charge in [-0.1, -0.05) is 12.5 Å². The zero-order chi connectivity index (χ0) is 16.2. The van der Waals surface area contributed by atoms with Crippen molar-refractivity contribution in [3.63, 3.8) is 0 Å². The molecule has 1 saturated heterocycles. The van der Waals surface area contributed by atoms with Gasteiger partial charge in [0.15, 0.2) is 0 Å². The van der Waals surface area contributed by atoms with Crippen molar-refractivity contribution >= 4 is 17.6 Å². The van der Waals surface area contributed by atoms with Gasteiger partial charge in [-0.15, -0.1) is 0 Å². The first-order valence-corrected chi connectivity index (χ1v) is 8.40. The summed E-state index contributed by atoms with van der Waals surface area (Å²) in [7, 11) is 0. The first kappa shape index (κ1) is 15.8. The highest BCUT2D eigenvalue weighted by Crippen LogP contribution is 2.26. The Morgan fingerprint density at radius 2 is 1.96 bits per heavy atom. The standard InChI is InChI=1S/C17H24N4O2/c1-13(19-16(22)14-5-4-6-14)17(23)21-11-9-20(10-12-21)15-7-2-3-8-18-15/h2-3,7-8,13-14H,4-6,9-12H2,1H3,(H,19,22). The summed E-state index contributed by atoms with van der Waals surface area (Å²) < 4.78 is 0. The topological polar surface area (TPSA) is 65.5 Å². The van der Waals surface area contributed by atoms with Crippen molar-refractivity contribution in [2.24, 2.45) is 5.92 Å². The third kappa shape index (κ3) is 3.63. The van der Waals surface area contributed by atoms with Crippen molar-refractivity contribution in [2.75, 3.05) is 31.1 Å². The number of pyridine rings is 1. The number of carbonyl (C=O) groups excluding carboxylic acids is 2. The van der Waals surface area contributed by atoms with Crippen LogP contribution in [0.4, 0.5) is 5.82 Å². The lowest BCUT2D eigenvalue weighted by atomic mass is 9.84. The average Bonchev–Trinajstić information content (AvgIpc) is 2.53. The fourth-order valence-electron chi connectivity index (χ4n) is 3.03. The van der Waals surface area contributed by atoms with Gasteiger partial charge in [-0.05, 0) is 31.9 Å². The van der Waals surface area contributed by atoms with Crippen LogP contribution in [0.1, 0.15) is 26.2 Å². The van der Waals surface area contributed by atoms with Gasteiger partial charge in [0.2, 0.25) is 11.8 Å². The summed E-state index contributed by atoms with van der Waals surface area (Å²) in [4.78, 5) is 32.8. The predicted octanol–water partition coefficient (Wildman–Crippen LogP) is 1.03. The number of nitrogens with zero attached hydrogens (tertiary/aromatic N) is 3. The van der Waals surface area contributed by atoms with Crippen LogP contribution in [0, 0.1) is 5.92 Å². The number of hydrogen-bond donors (Lipinski definition) is 1. The van der Waals surface area contributed by atoms with Crippen LogP contribution in [0.5, 0.6) is 0 Å². The zero-order valence-electron chi connectivity index (χ0n) is 13.6. The number of hydrogen-bond acceptors (Lipinski definition) is 4. The van der Waals surface area contributed by atoms with Gasteiger partial charge in [-0.3, -0.25) is 9.59 Å². The van der Waals surface area contributed by atoms with E-state index in [-0.39, 0.29) is 17.7 Å². The number of amides is 2. The molecule has 2 fully saturated rings. The zero-order valence-corrected chi connectivity index (χ0v) is 13.6. The van der Waals surface area contributed by atoms with E-state index < -0.39 is 6.04 Å². The molecule has 1 aromatic rings.